The molecule has 0 saturated carbocycles. The molecule has 17 heavy (non-hydrogen) atoms. The van der Waals surface area contributed by atoms with E-state index in [-0.39, 0.29) is 6.10 Å². The summed E-state index contributed by atoms with van der Waals surface area (Å²) in [5.41, 5.74) is 6.66. The summed E-state index contributed by atoms with van der Waals surface area (Å²) in [6, 6.07) is 7.82. The van der Waals surface area contributed by atoms with Crippen LogP contribution >= 0.6 is 0 Å². The predicted molar refractivity (Wildman–Crippen MR) is 67.1 cm³/mol. The molecule has 96 valence electrons. The summed E-state index contributed by atoms with van der Waals surface area (Å²) < 4.78 is 16.1. The summed E-state index contributed by atoms with van der Waals surface area (Å²) in [6.45, 7) is 4.12. The van der Waals surface area contributed by atoms with Gasteiger partial charge in [0.1, 0.15) is 18.5 Å². The van der Waals surface area contributed by atoms with Crippen LogP contribution in [0.4, 0.5) is 0 Å². The molecule has 0 saturated heterocycles. The van der Waals surface area contributed by atoms with E-state index in [0.717, 1.165) is 11.3 Å². The van der Waals surface area contributed by atoms with Crippen LogP contribution in [0.1, 0.15) is 12.5 Å². The van der Waals surface area contributed by atoms with Crippen molar-refractivity contribution in [3.8, 4) is 5.75 Å². The highest BCUT2D eigenvalue weighted by atomic mass is 16.5. The molecule has 0 radical (unpaired) electrons. The van der Waals surface area contributed by atoms with Gasteiger partial charge in [-0.1, -0.05) is 12.1 Å². The van der Waals surface area contributed by atoms with Crippen LogP contribution < -0.4 is 10.5 Å². The van der Waals surface area contributed by atoms with Gasteiger partial charge in [0, 0.05) is 20.3 Å². The Hall–Kier alpha value is -1.10. The first-order valence-corrected chi connectivity index (χ1v) is 5.82. The van der Waals surface area contributed by atoms with E-state index < -0.39 is 0 Å². The van der Waals surface area contributed by atoms with Crippen LogP contribution in [0.15, 0.2) is 24.3 Å². The summed E-state index contributed by atoms with van der Waals surface area (Å²) >= 11 is 0. The molecule has 0 aliphatic carbocycles. The van der Waals surface area contributed by atoms with Gasteiger partial charge in [-0.25, -0.2) is 0 Å². The average Bonchev–Trinajstić information content (AvgIpc) is 2.35. The molecule has 0 aliphatic heterocycles. The maximum absolute atomic E-state index is 5.64. The molecule has 0 aromatic heterocycles. The first-order chi connectivity index (χ1) is 8.30. The van der Waals surface area contributed by atoms with E-state index >= 15 is 0 Å². The van der Waals surface area contributed by atoms with Crippen LogP contribution in [-0.2, 0) is 16.1 Å². The van der Waals surface area contributed by atoms with Gasteiger partial charge in [-0.2, -0.15) is 0 Å². The summed E-state index contributed by atoms with van der Waals surface area (Å²) in [4.78, 5) is 0. The second-order valence-corrected chi connectivity index (χ2v) is 3.70. The Balaban J connectivity index is 2.47. The number of nitrogens with two attached hydrogens (primary N) is 1. The molecule has 4 nitrogen and oxygen atoms in total. The summed E-state index contributed by atoms with van der Waals surface area (Å²) in [5.74, 6) is 0.817. The first kappa shape index (κ1) is 14.0. The van der Waals surface area contributed by atoms with Crippen molar-refractivity contribution in [3.05, 3.63) is 29.8 Å². The predicted octanol–water partition coefficient (Wildman–Crippen LogP) is 1.58. The highest BCUT2D eigenvalue weighted by Gasteiger charge is 2.07. The van der Waals surface area contributed by atoms with Gasteiger partial charge in [0.25, 0.3) is 0 Å². The lowest BCUT2D eigenvalue weighted by atomic mass is 10.2. The van der Waals surface area contributed by atoms with Gasteiger partial charge in [0.05, 0.1) is 6.61 Å². The lowest BCUT2D eigenvalue weighted by Crippen LogP contribution is -2.30. The lowest BCUT2D eigenvalue weighted by molar-refractivity contribution is 0.0336. The molecule has 1 aromatic rings. The number of hydrogen-bond donors (Lipinski definition) is 1. The van der Waals surface area contributed by atoms with Crippen LogP contribution in [0.5, 0.6) is 5.75 Å². The molecule has 2 N–H and O–H groups in total. The number of hydrogen-bond acceptors (Lipinski definition) is 4. The Bertz CT molecular complexity index is 317. The molecule has 0 aliphatic rings. The number of methoxy groups -OCH3 is 1. The van der Waals surface area contributed by atoms with E-state index in [1.54, 1.807) is 7.11 Å². The van der Waals surface area contributed by atoms with Gasteiger partial charge in [-0.05, 0) is 24.6 Å². The van der Waals surface area contributed by atoms with Crippen molar-refractivity contribution in [2.45, 2.75) is 19.6 Å². The van der Waals surface area contributed by atoms with Crippen LogP contribution in [0.3, 0.4) is 0 Å². The third-order valence-electron chi connectivity index (χ3n) is 2.31. The van der Waals surface area contributed by atoms with Crippen LogP contribution in [0.2, 0.25) is 0 Å². The highest BCUT2D eigenvalue weighted by molar-refractivity contribution is 5.28. The first-order valence-electron chi connectivity index (χ1n) is 5.82. The third-order valence-corrected chi connectivity index (χ3v) is 2.31. The van der Waals surface area contributed by atoms with E-state index in [1.165, 1.54) is 0 Å². The Morgan fingerprint density at radius 3 is 2.82 bits per heavy atom. The number of benzene rings is 1. The zero-order valence-corrected chi connectivity index (χ0v) is 10.5. The van der Waals surface area contributed by atoms with Gasteiger partial charge in [0.15, 0.2) is 0 Å². The van der Waals surface area contributed by atoms with Gasteiger partial charge in [-0.15, -0.1) is 0 Å². The lowest BCUT2D eigenvalue weighted by Gasteiger charge is -2.16. The Morgan fingerprint density at radius 1 is 1.35 bits per heavy atom. The minimum absolute atomic E-state index is 0.0499. The van der Waals surface area contributed by atoms with Crippen molar-refractivity contribution in [1.29, 1.82) is 0 Å². The van der Waals surface area contributed by atoms with Crippen LogP contribution in [0, 0.1) is 0 Å². The average molecular weight is 239 g/mol. The fourth-order valence-corrected chi connectivity index (χ4v) is 1.50. The normalized spacial score (nSPS) is 12.4. The van der Waals surface area contributed by atoms with Crippen molar-refractivity contribution in [3.63, 3.8) is 0 Å². The number of ether oxygens (including phenoxy) is 3. The molecular weight excluding hydrogens is 218 g/mol. The topological polar surface area (TPSA) is 53.7 Å². The van der Waals surface area contributed by atoms with E-state index in [0.29, 0.717) is 26.4 Å². The second kappa shape index (κ2) is 8.06. The van der Waals surface area contributed by atoms with E-state index in [9.17, 15) is 0 Å². The quantitative estimate of drug-likeness (QED) is 0.748. The molecule has 1 rings (SSSR count). The highest BCUT2D eigenvalue weighted by Crippen LogP contribution is 2.14. The molecule has 0 spiro atoms. The standard InChI is InChI=1S/C13H21NO3/c1-3-16-13(8-14)10-17-12-6-4-5-11(7-12)9-15-2/h4-7,13H,3,8-10,14H2,1-2H3. The maximum atomic E-state index is 5.64. The largest absolute Gasteiger partial charge is 0.491 e. The van der Waals surface area contributed by atoms with Crippen molar-refractivity contribution in [2.75, 3.05) is 26.9 Å². The van der Waals surface area contributed by atoms with Gasteiger partial charge in [0.2, 0.25) is 0 Å². The summed E-state index contributed by atoms with van der Waals surface area (Å²) in [6.07, 6.45) is -0.0499. The maximum Gasteiger partial charge on any atom is 0.119 e. The van der Waals surface area contributed by atoms with E-state index in [2.05, 4.69) is 0 Å². The minimum atomic E-state index is -0.0499. The van der Waals surface area contributed by atoms with E-state index in [4.69, 9.17) is 19.9 Å². The SMILES string of the molecule is CCOC(CN)COc1cccc(COC)c1. The molecule has 1 unspecified atom stereocenters. The van der Waals surface area contributed by atoms with Crippen LogP contribution in [-0.4, -0.2) is 33.0 Å². The van der Waals surface area contributed by atoms with Gasteiger partial charge >= 0.3 is 0 Å². The Labute approximate surface area is 103 Å². The zero-order chi connectivity index (χ0) is 12.5. The molecule has 0 bridgehead atoms. The van der Waals surface area contributed by atoms with Crippen molar-refractivity contribution >= 4 is 0 Å². The molecule has 0 heterocycles. The summed E-state index contributed by atoms with van der Waals surface area (Å²) in [7, 11) is 1.67. The van der Waals surface area contributed by atoms with Gasteiger partial charge in [-0.3, -0.25) is 0 Å². The molecule has 0 amide bonds. The van der Waals surface area contributed by atoms with Gasteiger partial charge < -0.3 is 19.9 Å². The Kier molecular flexibility index (Phi) is 6.62. The zero-order valence-electron chi connectivity index (χ0n) is 10.5. The summed E-state index contributed by atoms with van der Waals surface area (Å²) in [5, 5.41) is 0. The van der Waals surface area contributed by atoms with E-state index in [1.807, 2.05) is 31.2 Å². The molecule has 4 heteroatoms. The van der Waals surface area contributed by atoms with Crippen molar-refractivity contribution < 1.29 is 14.2 Å². The monoisotopic (exact) mass is 239 g/mol. The molecule has 1 atom stereocenters. The smallest absolute Gasteiger partial charge is 0.119 e. The van der Waals surface area contributed by atoms with Crippen LogP contribution in [0.25, 0.3) is 0 Å². The fraction of sp³-hybridized carbons (Fsp3) is 0.538. The minimum Gasteiger partial charge on any atom is -0.491 e. The third kappa shape index (κ3) is 5.17. The fourth-order valence-electron chi connectivity index (χ4n) is 1.50. The Morgan fingerprint density at radius 2 is 2.18 bits per heavy atom. The molecule has 1 aromatic carbocycles. The second-order valence-electron chi connectivity index (χ2n) is 3.70. The van der Waals surface area contributed by atoms with Crippen molar-refractivity contribution in [2.24, 2.45) is 5.73 Å². The molecule has 0 fully saturated rings. The number of rotatable bonds is 8. The van der Waals surface area contributed by atoms with Crippen molar-refractivity contribution in [1.82, 2.24) is 0 Å². The molecular formula is C13H21NO3.